The van der Waals surface area contributed by atoms with Gasteiger partial charge in [-0.15, -0.1) is 0 Å². The van der Waals surface area contributed by atoms with Gasteiger partial charge < -0.3 is 9.47 Å². The Hall–Kier alpha value is -0.950. The van der Waals surface area contributed by atoms with Crippen LogP contribution in [0.15, 0.2) is 29.2 Å². The Labute approximate surface area is 132 Å². The van der Waals surface area contributed by atoms with Gasteiger partial charge in [0.15, 0.2) is 5.79 Å². The van der Waals surface area contributed by atoms with Crippen molar-refractivity contribution in [2.24, 2.45) is 0 Å². The number of benzene rings is 1. The molecule has 1 saturated heterocycles. The zero-order valence-corrected chi connectivity index (χ0v) is 14.2. The summed E-state index contributed by atoms with van der Waals surface area (Å²) < 4.78 is 40.8. The van der Waals surface area contributed by atoms with Gasteiger partial charge in [-0.25, -0.2) is 0 Å². The standard InChI is InChI=1S/C16H24O5S/c1-4-16(5-2)19-12-14(21-16)10-11-20-22(17,18)15-8-6-13(3)7-9-15/h6-9,14H,4-5,10-12H2,1-3H3/t14-/m0/s1. The lowest BCUT2D eigenvalue weighted by Gasteiger charge is -2.24. The first-order valence-electron chi connectivity index (χ1n) is 7.68. The number of hydrogen-bond acceptors (Lipinski definition) is 5. The first-order valence-corrected chi connectivity index (χ1v) is 9.09. The zero-order valence-electron chi connectivity index (χ0n) is 13.4. The second-order valence-corrected chi connectivity index (χ2v) is 7.16. The summed E-state index contributed by atoms with van der Waals surface area (Å²) in [7, 11) is -3.70. The van der Waals surface area contributed by atoms with Crippen LogP contribution < -0.4 is 0 Å². The van der Waals surface area contributed by atoms with E-state index in [9.17, 15) is 8.42 Å². The average Bonchev–Trinajstić information content (AvgIpc) is 2.92. The molecule has 124 valence electrons. The fraction of sp³-hybridized carbons (Fsp3) is 0.625. The number of aryl methyl sites for hydroxylation is 1. The predicted molar refractivity (Wildman–Crippen MR) is 83.1 cm³/mol. The molecule has 22 heavy (non-hydrogen) atoms. The Morgan fingerprint density at radius 3 is 2.41 bits per heavy atom. The smallest absolute Gasteiger partial charge is 0.296 e. The van der Waals surface area contributed by atoms with Gasteiger partial charge >= 0.3 is 0 Å². The molecule has 1 aromatic rings. The van der Waals surface area contributed by atoms with Crippen LogP contribution in [0.25, 0.3) is 0 Å². The van der Waals surface area contributed by atoms with Crippen molar-refractivity contribution in [3.63, 3.8) is 0 Å². The highest BCUT2D eigenvalue weighted by Gasteiger charge is 2.38. The van der Waals surface area contributed by atoms with E-state index in [4.69, 9.17) is 13.7 Å². The molecule has 1 aliphatic heterocycles. The minimum absolute atomic E-state index is 0.0910. The summed E-state index contributed by atoms with van der Waals surface area (Å²) in [5.74, 6) is -0.513. The van der Waals surface area contributed by atoms with E-state index in [2.05, 4.69) is 0 Å². The maximum absolute atomic E-state index is 12.1. The second kappa shape index (κ2) is 7.08. The van der Waals surface area contributed by atoms with Crippen LogP contribution in [0.3, 0.4) is 0 Å². The highest BCUT2D eigenvalue weighted by Crippen LogP contribution is 2.31. The van der Waals surface area contributed by atoms with E-state index in [0.717, 1.165) is 18.4 Å². The highest BCUT2D eigenvalue weighted by atomic mass is 32.2. The number of rotatable bonds is 7. The normalized spacial score (nSPS) is 21.1. The first kappa shape index (κ1) is 17.4. The fourth-order valence-corrected chi connectivity index (χ4v) is 3.36. The van der Waals surface area contributed by atoms with Crippen molar-refractivity contribution >= 4 is 10.1 Å². The maximum Gasteiger partial charge on any atom is 0.296 e. The van der Waals surface area contributed by atoms with Crippen LogP contribution in [0.2, 0.25) is 0 Å². The molecule has 0 unspecified atom stereocenters. The molecule has 0 spiro atoms. The minimum Gasteiger partial charge on any atom is -0.347 e. The molecular weight excluding hydrogens is 304 g/mol. The van der Waals surface area contributed by atoms with E-state index in [1.165, 1.54) is 0 Å². The Morgan fingerprint density at radius 2 is 1.86 bits per heavy atom. The molecule has 0 saturated carbocycles. The van der Waals surface area contributed by atoms with Crippen LogP contribution >= 0.6 is 0 Å². The lowest BCUT2D eigenvalue weighted by Crippen LogP contribution is -2.29. The maximum atomic E-state index is 12.1. The van der Waals surface area contributed by atoms with Gasteiger partial charge in [0, 0.05) is 6.42 Å². The van der Waals surface area contributed by atoms with E-state index in [-0.39, 0.29) is 17.6 Å². The van der Waals surface area contributed by atoms with E-state index < -0.39 is 15.9 Å². The molecule has 2 rings (SSSR count). The van der Waals surface area contributed by atoms with Crippen LogP contribution in [-0.4, -0.2) is 33.5 Å². The molecule has 0 amide bonds. The van der Waals surface area contributed by atoms with Crippen molar-refractivity contribution in [1.29, 1.82) is 0 Å². The van der Waals surface area contributed by atoms with E-state index in [0.29, 0.717) is 13.0 Å². The Balaban J connectivity index is 1.85. The summed E-state index contributed by atoms with van der Waals surface area (Å²) in [6, 6.07) is 6.61. The molecular formula is C16H24O5S. The number of hydrogen-bond donors (Lipinski definition) is 0. The third kappa shape index (κ3) is 4.07. The van der Waals surface area contributed by atoms with Crippen LogP contribution in [-0.2, 0) is 23.8 Å². The molecule has 0 radical (unpaired) electrons. The lowest BCUT2D eigenvalue weighted by atomic mass is 10.1. The highest BCUT2D eigenvalue weighted by molar-refractivity contribution is 7.86. The van der Waals surface area contributed by atoms with Gasteiger partial charge in [0.1, 0.15) is 0 Å². The third-order valence-corrected chi connectivity index (χ3v) is 5.31. The Bertz CT molecular complexity index is 575. The van der Waals surface area contributed by atoms with Crippen molar-refractivity contribution in [2.45, 2.75) is 56.8 Å². The first-order chi connectivity index (χ1) is 10.4. The summed E-state index contributed by atoms with van der Waals surface area (Å²) >= 11 is 0. The minimum atomic E-state index is -3.70. The summed E-state index contributed by atoms with van der Waals surface area (Å²) in [5, 5.41) is 0. The molecule has 1 aromatic carbocycles. The van der Waals surface area contributed by atoms with E-state index >= 15 is 0 Å². The molecule has 1 aliphatic rings. The van der Waals surface area contributed by atoms with Crippen molar-refractivity contribution in [3.05, 3.63) is 29.8 Å². The van der Waals surface area contributed by atoms with Crippen molar-refractivity contribution in [2.75, 3.05) is 13.2 Å². The van der Waals surface area contributed by atoms with Crippen LogP contribution in [0.4, 0.5) is 0 Å². The molecule has 1 heterocycles. The largest absolute Gasteiger partial charge is 0.347 e. The van der Waals surface area contributed by atoms with Gasteiger partial charge in [-0.1, -0.05) is 31.5 Å². The van der Waals surface area contributed by atoms with E-state index in [1.807, 2.05) is 20.8 Å². The average molecular weight is 328 g/mol. The predicted octanol–water partition coefficient (Wildman–Crippen LogP) is 3.02. The lowest BCUT2D eigenvalue weighted by molar-refractivity contribution is -0.172. The van der Waals surface area contributed by atoms with Crippen LogP contribution in [0, 0.1) is 6.92 Å². The fourth-order valence-electron chi connectivity index (χ4n) is 2.44. The van der Waals surface area contributed by atoms with Gasteiger partial charge in [-0.05, 0) is 31.9 Å². The number of ether oxygens (including phenoxy) is 2. The van der Waals surface area contributed by atoms with Crippen LogP contribution in [0.5, 0.6) is 0 Å². The van der Waals surface area contributed by atoms with Gasteiger partial charge in [0.05, 0.1) is 24.2 Å². The molecule has 0 aromatic heterocycles. The summed E-state index contributed by atoms with van der Waals surface area (Å²) in [6.07, 6.45) is 1.94. The van der Waals surface area contributed by atoms with Crippen molar-refractivity contribution in [1.82, 2.24) is 0 Å². The molecule has 0 bridgehead atoms. The SMILES string of the molecule is CCC1(CC)OC[C@H](CCOS(=O)(=O)c2ccc(C)cc2)O1. The van der Waals surface area contributed by atoms with Crippen molar-refractivity contribution in [3.8, 4) is 0 Å². The topological polar surface area (TPSA) is 61.8 Å². The van der Waals surface area contributed by atoms with Gasteiger partial charge in [0.2, 0.25) is 0 Å². The zero-order chi connectivity index (χ0) is 16.2. The summed E-state index contributed by atoms with van der Waals surface area (Å²) in [6.45, 7) is 6.51. The molecule has 1 atom stereocenters. The van der Waals surface area contributed by atoms with Crippen molar-refractivity contribution < 1.29 is 22.1 Å². The molecule has 6 heteroatoms. The van der Waals surface area contributed by atoms with E-state index in [1.54, 1.807) is 24.3 Å². The molecule has 1 fully saturated rings. The van der Waals surface area contributed by atoms with Gasteiger partial charge in [-0.3, -0.25) is 4.18 Å². The third-order valence-electron chi connectivity index (χ3n) is 3.98. The molecule has 5 nitrogen and oxygen atoms in total. The second-order valence-electron chi connectivity index (χ2n) is 5.55. The molecule has 0 aliphatic carbocycles. The molecule has 0 N–H and O–H groups in total. The summed E-state index contributed by atoms with van der Waals surface area (Å²) in [4.78, 5) is 0.179. The quantitative estimate of drug-likeness (QED) is 0.720. The van der Waals surface area contributed by atoms with Gasteiger partial charge in [0.25, 0.3) is 10.1 Å². The summed E-state index contributed by atoms with van der Waals surface area (Å²) in [5.41, 5.74) is 1.01. The monoisotopic (exact) mass is 328 g/mol. The Morgan fingerprint density at radius 1 is 1.23 bits per heavy atom. The van der Waals surface area contributed by atoms with Crippen LogP contribution in [0.1, 0.15) is 38.7 Å². The Kier molecular flexibility index (Phi) is 5.60. The van der Waals surface area contributed by atoms with Gasteiger partial charge in [-0.2, -0.15) is 8.42 Å².